The van der Waals surface area contributed by atoms with Gasteiger partial charge in [-0.2, -0.15) is 0 Å². The molecule has 1 N–H and O–H groups in total. The highest BCUT2D eigenvalue weighted by Gasteiger charge is 2.40. The third kappa shape index (κ3) is 2.73. The second kappa shape index (κ2) is 4.42. The Labute approximate surface area is 94.4 Å². The third-order valence-electron chi connectivity index (χ3n) is 4.68. The Hall–Kier alpha value is -0.0800. The second-order valence-electron chi connectivity index (χ2n) is 5.79. The van der Waals surface area contributed by atoms with Gasteiger partial charge in [-0.15, -0.1) is 0 Å². The van der Waals surface area contributed by atoms with Gasteiger partial charge in [-0.3, -0.25) is 0 Å². The zero-order valence-corrected chi connectivity index (χ0v) is 10.6. The van der Waals surface area contributed by atoms with E-state index in [0.29, 0.717) is 5.41 Å². The largest absolute Gasteiger partial charge is 0.313 e. The normalized spacial score (nSPS) is 35.4. The minimum atomic E-state index is 0.701. The van der Waals surface area contributed by atoms with Crippen LogP contribution in [0.3, 0.4) is 0 Å². The molecule has 1 aliphatic heterocycles. The Morgan fingerprint density at radius 3 is 2.67 bits per heavy atom. The maximum absolute atomic E-state index is 3.80. The van der Waals surface area contributed by atoms with Crippen LogP contribution in [0.5, 0.6) is 0 Å². The molecule has 88 valence electrons. The first-order chi connectivity index (χ1) is 7.15. The van der Waals surface area contributed by atoms with Crippen LogP contribution >= 0.6 is 0 Å². The molecule has 0 spiro atoms. The van der Waals surface area contributed by atoms with E-state index >= 15 is 0 Å². The lowest BCUT2D eigenvalue weighted by atomic mass is 9.97. The molecule has 1 saturated carbocycles. The highest BCUT2D eigenvalue weighted by molar-refractivity contribution is 4.95. The fraction of sp³-hybridized carbons (Fsp3) is 1.00. The van der Waals surface area contributed by atoms with Crippen molar-refractivity contribution in [3.05, 3.63) is 0 Å². The van der Waals surface area contributed by atoms with Crippen molar-refractivity contribution in [3.8, 4) is 0 Å². The Morgan fingerprint density at radius 2 is 2.13 bits per heavy atom. The van der Waals surface area contributed by atoms with Gasteiger partial charge < -0.3 is 10.2 Å². The number of nitrogens with one attached hydrogen (secondary N) is 1. The van der Waals surface area contributed by atoms with E-state index < -0.39 is 0 Å². The van der Waals surface area contributed by atoms with E-state index in [0.717, 1.165) is 12.1 Å². The predicted molar refractivity (Wildman–Crippen MR) is 65.1 cm³/mol. The highest BCUT2D eigenvalue weighted by Crippen LogP contribution is 2.48. The molecule has 2 rings (SSSR count). The molecule has 1 aliphatic carbocycles. The molecule has 0 aromatic carbocycles. The van der Waals surface area contributed by atoms with E-state index in [2.05, 4.69) is 31.1 Å². The summed E-state index contributed by atoms with van der Waals surface area (Å²) in [5, 5.41) is 3.80. The third-order valence-corrected chi connectivity index (χ3v) is 4.68. The number of rotatable bonds is 4. The van der Waals surface area contributed by atoms with Gasteiger partial charge in [0.1, 0.15) is 0 Å². The molecule has 15 heavy (non-hydrogen) atoms. The van der Waals surface area contributed by atoms with Gasteiger partial charge in [0.2, 0.25) is 0 Å². The van der Waals surface area contributed by atoms with Crippen molar-refractivity contribution >= 4 is 0 Å². The lowest BCUT2D eigenvalue weighted by molar-refractivity contribution is 0.164. The van der Waals surface area contributed by atoms with Crippen molar-refractivity contribution in [3.63, 3.8) is 0 Å². The SMILES string of the molecule is CCC1(CNC2CCN(C)C(C)C2)CC1. The van der Waals surface area contributed by atoms with Crippen molar-refractivity contribution in [2.24, 2.45) is 5.41 Å². The quantitative estimate of drug-likeness (QED) is 0.765. The molecule has 2 nitrogen and oxygen atoms in total. The van der Waals surface area contributed by atoms with Crippen molar-refractivity contribution in [2.75, 3.05) is 20.1 Å². The molecule has 2 atom stereocenters. The molecule has 1 heterocycles. The van der Waals surface area contributed by atoms with E-state index in [4.69, 9.17) is 0 Å². The zero-order chi connectivity index (χ0) is 10.9. The van der Waals surface area contributed by atoms with Crippen LogP contribution < -0.4 is 5.32 Å². The summed E-state index contributed by atoms with van der Waals surface area (Å²) in [7, 11) is 2.25. The second-order valence-corrected chi connectivity index (χ2v) is 5.79. The average Bonchev–Trinajstić information content (AvgIpc) is 3.01. The molecule has 1 saturated heterocycles. The fourth-order valence-corrected chi connectivity index (χ4v) is 2.67. The van der Waals surface area contributed by atoms with E-state index in [1.165, 1.54) is 45.2 Å². The van der Waals surface area contributed by atoms with Gasteiger partial charge in [0.25, 0.3) is 0 Å². The van der Waals surface area contributed by atoms with Crippen LogP contribution in [0.25, 0.3) is 0 Å². The Kier molecular flexibility index (Phi) is 3.36. The van der Waals surface area contributed by atoms with Crippen LogP contribution in [0.2, 0.25) is 0 Å². The predicted octanol–water partition coefficient (Wildman–Crippen LogP) is 2.25. The van der Waals surface area contributed by atoms with Gasteiger partial charge >= 0.3 is 0 Å². The Morgan fingerprint density at radius 1 is 1.40 bits per heavy atom. The first-order valence-electron chi connectivity index (χ1n) is 6.59. The van der Waals surface area contributed by atoms with Crippen LogP contribution in [0, 0.1) is 5.41 Å². The minimum Gasteiger partial charge on any atom is -0.313 e. The van der Waals surface area contributed by atoms with Gasteiger partial charge in [-0.05, 0) is 58.0 Å². The smallest absolute Gasteiger partial charge is 0.00942 e. The Balaban J connectivity index is 1.71. The molecule has 0 bridgehead atoms. The molecular formula is C13H26N2. The molecule has 2 heteroatoms. The lowest BCUT2D eigenvalue weighted by Gasteiger charge is -2.36. The van der Waals surface area contributed by atoms with Crippen molar-refractivity contribution < 1.29 is 0 Å². The molecule has 0 aromatic rings. The zero-order valence-electron chi connectivity index (χ0n) is 10.6. The summed E-state index contributed by atoms with van der Waals surface area (Å²) in [6, 6.07) is 1.54. The molecule has 2 fully saturated rings. The van der Waals surface area contributed by atoms with E-state index in [1.54, 1.807) is 0 Å². The Bertz CT molecular complexity index is 211. The molecule has 0 aromatic heterocycles. The number of hydrogen-bond acceptors (Lipinski definition) is 2. The summed E-state index contributed by atoms with van der Waals surface area (Å²) >= 11 is 0. The first-order valence-corrected chi connectivity index (χ1v) is 6.59. The summed E-state index contributed by atoms with van der Waals surface area (Å²) in [5.41, 5.74) is 0.701. The van der Waals surface area contributed by atoms with E-state index in [9.17, 15) is 0 Å². The maximum Gasteiger partial charge on any atom is 0.00942 e. The van der Waals surface area contributed by atoms with Crippen LogP contribution in [0.1, 0.15) is 46.0 Å². The summed E-state index contributed by atoms with van der Waals surface area (Å²) in [6.07, 6.45) is 6.94. The average molecular weight is 210 g/mol. The number of nitrogens with zero attached hydrogens (tertiary/aromatic N) is 1. The first kappa shape index (κ1) is 11.4. The summed E-state index contributed by atoms with van der Waals surface area (Å²) in [4.78, 5) is 2.48. The van der Waals surface area contributed by atoms with Crippen molar-refractivity contribution in [2.45, 2.75) is 58.0 Å². The number of hydrogen-bond donors (Lipinski definition) is 1. The van der Waals surface area contributed by atoms with Gasteiger partial charge in [-0.25, -0.2) is 0 Å². The van der Waals surface area contributed by atoms with E-state index in [1.807, 2.05) is 0 Å². The standard InChI is InChI=1S/C13H26N2/c1-4-13(6-7-13)10-14-12-5-8-15(3)11(2)9-12/h11-12,14H,4-10H2,1-3H3. The highest BCUT2D eigenvalue weighted by atomic mass is 15.1. The minimum absolute atomic E-state index is 0.701. The number of likely N-dealkylation sites (tertiary alicyclic amines) is 1. The monoisotopic (exact) mass is 210 g/mol. The van der Waals surface area contributed by atoms with Crippen molar-refractivity contribution in [1.29, 1.82) is 0 Å². The fourth-order valence-electron chi connectivity index (χ4n) is 2.67. The van der Waals surface area contributed by atoms with Crippen LogP contribution in [0.4, 0.5) is 0 Å². The molecule has 0 radical (unpaired) electrons. The number of piperidine rings is 1. The van der Waals surface area contributed by atoms with Gasteiger partial charge in [0.15, 0.2) is 0 Å². The molecular weight excluding hydrogens is 184 g/mol. The van der Waals surface area contributed by atoms with Gasteiger partial charge in [0, 0.05) is 18.6 Å². The topological polar surface area (TPSA) is 15.3 Å². The summed E-state index contributed by atoms with van der Waals surface area (Å²) in [5.74, 6) is 0. The lowest BCUT2D eigenvalue weighted by Crippen LogP contribution is -2.46. The van der Waals surface area contributed by atoms with Gasteiger partial charge in [0.05, 0.1) is 0 Å². The van der Waals surface area contributed by atoms with Crippen LogP contribution in [-0.2, 0) is 0 Å². The maximum atomic E-state index is 3.80. The molecule has 2 aliphatic rings. The van der Waals surface area contributed by atoms with Crippen LogP contribution in [-0.4, -0.2) is 37.1 Å². The van der Waals surface area contributed by atoms with E-state index in [-0.39, 0.29) is 0 Å². The molecule has 0 amide bonds. The van der Waals surface area contributed by atoms with Crippen molar-refractivity contribution in [1.82, 2.24) is 10.2 Å². The summed E-state index contributed by atoms with van der Waals surface area (Å²) < 4.78 is 0. The van der Waals surface area contributed by atoms with Crippen LogP contribution in [0.15, 0.2) is 0 Å². The van der Waals surface area contributed by atoms with Gasteiger partial charge in [-0.1, -0.05) is 6.92 Å². The summed E-state index contributed by atoms with van der Waals surface area (Å²) in [6.45, 7) is 7.22. The molecule has 2 unspecified atom stereocenters.